The van der Waals surface area contributed by atoms with Gasteiger partial charge in [0.25, 0.3) is 0 Å². The Balaban J connectivity index is 2.83. The number of carbonyl (C=O) groups is 1. The van der Waals surface area contributed by atoms with Gasteiger partial charge in [-0.15, -0.1) is 0 Å². The van der Waals surface area contributed by atoms with Crippen molar-refractivity contribution < 1.29 is 9.53 Å². The number of anilines is 1. The summed E-state index contributed by atoms with van der Waals surface area (Å²) in [6.07, 6.45) is 5.06. The van der Waals surface area contributed by atoms with Gasteiger partial charge in [0, 0.05) is 12.6 Å². The van der Waals surface area contributed by atoms with E-state index < -0.39 is 5.41 Å². The smallest absolute Gasteiger partial charge is 0.231 e. The molecule has 5 nitrogen and oxygen atoms in total. The molecule has 1 amide bonds. The first kappa shape index (κ1) is 16.4. The van der Waals surface area contributed by atoms with Gasteiger partial charge in [0.15, 0.2) is 0 Å². The van der Waals surface area contributed by atoms with Gasteiger partial charge >= 0.3 is 0 Å². The monoisotopic (exact) mass is 279 g/mol. The summed E-state index contributed by atoms with van der Waals surface area (Å²) in [4.78, 5) is 16.6. The van der Waals surface area contributed by atoms with Gasteiger partial charge in [-0.05, 0) is 18.9 Å². The summed E-state index contributed by atoms with van der Waals surface area (Å²) in [6, 6.07) is 3.50. The van der Waals surface area contributed by atoms with Gasteiger partial charge in [0.1, 0.15) is 0 Å². The van der Waals surface area contributed by atoms with Crippen LogP contribution in [0.15, 0.2) is 18.3 Å². The second-order valence-electron chi connectivity index (χ2n) is 5.03. The fourth-order valence-electron chi connectivity index (χ4n) is 2.44. The van der Waals surface area contributed by atoms with Gasteiger partial charge in [0.05, 0.1) is 24.4 Å². The number of carbonyl (C=O) groups excluding carboxylic acids is 1. The maximum atomic E-state index is 12.5. The van der Waals surface area contributed by atoms with Crippen LogP contribution in [-0.4, -0.2) is 24.5 Å². The summed E-state index contributed by atoms with van der Waals surface area (Å²) in [7, 11) is 1.56. The molecular formula is C15H25N3O2. The molecule has 0 unspecified atom stereocenters. The number of amides is 1. The Bertz CT molecular complexity index is 412. The van der Waals surface area contributed by atoms with E-state index in [0.29, 0.717) is 18.1 Å². The maximum absolute atomic E-state index is 12.5. The van der Waals surface area contributed by atoms with Crippen molar-refractivity contribution >= 4 is 11.6 Å². The van der Waals surface area contributed by atoms with Crippen LogP contribution in [0.1, 0.15) is 39.5 Å². The number of aromatic nitrogens is 1. The Morgan fingerprint density at radius 2 is 2.00 bits per heavy atom. The van der Waals surface area contributed by atoms with Gasteiger partial charge in [-0.25, -0.2) is 4.98 Å². The minimum atomic E-state index is -0.483. The molecule has 0 fully saturated rings. The number of methoxy groups -OCH3 is 1. The predicted molar refractivity (Wildman–Crippen MR) is 80.7 cm³/mol. The van der Waals surface area contributed by atoms with Crippen LogP contribution in [0.4, 0.5) is 5.69 Å². The first-order valence-electron chi connectivity index (χ1n) is 7.13. The van der Waals surface area contributed by atoms with E-state index in [1.54, 1.807) is 25.4 Å². The predicted octanol–water partition coefficient (Wildman–Crippen LogP) is 2.57. The van der Waals surface area contributed by atoms with Crippen molar-refractivity contribution in [1.29, 1.82) is 0 Å². The number of nitrogens with one attached hydrogen (secondary N) is 1. The highest BCUT2D eigenvalue weighted by Crippen LogP contribution is 2.30. The van der Waals surface area contributed by atoms with Crippen molar-refractivity contribution in [2.24, 2.45) is 11.1 Å². The molecule has 0 radical (unpaired) electrons. The summed E-state index contributed by atoms with van der Waals surface area (Å²) in [6.45, 7) is 4.51. The number of pyridine rings is 1. The van der Waals surface area contributed by atoms with Crippen LogP contribution >= 0.6 is 0 Å². The molecule has 0 aromatic carbocycles. The summed E-state index contributed by atoms with van der Waals surface area (Å²) < 4.78 is 5.00. The van der Waals surface area contributed by atoms with Gasteiger partial charge in [-0.2, -0.15) is 0 Å². The molecule has 0 saturated carbocycles. The molecule has 0 atom stereocenters. The molecule has 0 aliphatic rings. The van der Waals surface area contributed by atoms with E-state index in [2.05, 4.69) is 24.1 Å². The number of nitrogens with two attached hydrogens (primary N) is 1. The highest BCUT2D eigenvalue weighted by atomic mass is 16.5. The van der Waals surface area contributed by atoms with E-state index in [1.165, 1.54) is 0 Å². The van der Waals surface area contributed by atoms with E-state index in [1.807, 2.05) is 0 Å². The Morgan fingerprint density at radius 1 is 1.35 bits per heavy atom. The lowest BCUT2D eigenvalue weighted by atomic mass is 9.78. The molecule has 0 spiro atoms. The zero-order valence-electron chi connectivity index (χ0n) is 12.6. The lowest BCUT2D eigenvalue weighted by Crippen LogP contribution is -2.42. The lowest BCUT2D eigenvalue weighted by molar-refractivity contribution is -0.126. The zero-order chi connectivity index (χ0) is 15.0. The SMILES string of the molecule is CCCC(CN)(CCC)C(=O)Nc1ccc(OC)nc1. The molecule has 0 saturated heterocycles. The minimum absolute atomic E-state index is 0.0179. The van der Waals surface area contributed by atoms with E-state index in [4.69, 9.17) is 10.5 Å². The molecule has 1 aromatic rings. The lowest BCUT2D eigenvalue weighted by Gasteiger charge is -2.30. The third-order valence-electron chi connectivity index (χ3n) is 3.53. The number of ether oxygens (including phenoxy) is 1. The van der Waals surface area contributed by atoms with E-state index in [-0.39, 0.29) is 5.91 Å². The molecule has 1 heterocycles. The van der Waals surface area contributed by atoms with E-state index in [9.17, 15) is 4.79 Å². The second-order valence-corrected chi connectivity index (χ2v) is 5.03. The third kappa shape index (κ3) is 3.93. The molecule has 0 aliphatic heterocycles. The van der Waals surface area contributed by atoms with Crippen LogP contribution in [-0.2, 0) is 4.79 Å². The number of hydrogen-bond acceptors (Lipinski definition) is 4. The van der Waals surface area contributed by atoms with Crippen molar-refractivity contribution in [1.82, 2.24) is 4.98 Å². The Morgan fingerprint density at radius 3 is 2.40 bits per heavy atom. The average Bonchev–Trinajstić information content (AvgIpc) is 2.47. The summed E-state index contributed by atoms with van der Waals surface area (Å²) in [5, 5.41) is 2.92. The van der Waals surface area contributed by atoms with Crippen molar-refractivity contribution in [2.75, 3.05) is 19.0 Å². The molecule has 20 heavy (non-hydrogen) atoms. The molecule has 0 bridgehead atoms. The van der Waals surface area contributed by atoms with Gasteiger partial charge < -0.3 is 15.8 Å². The number of nitrogens with zero attached hydrogens (tertiary/aromatic N) is 1. The molecule has 3 N–H and O–H groups in total. The largest absolute Gasteiger partial charge is 0.481 e. The molecule has 1 aromatic heterocycles. The fraction of sp³-hybridized carbons (Fsp3) is 0.600. The molecular weight excluding hydrogens is 254 g/mol. The van der Waals surface area contributed by atoms with Crippen LogP contribution in [0.3, 0.4) is 0 Å². The van der Waals surface area contributed by atoms with E-state index >= 15 is 0 Å². The van der Waals surface area contributed by atoms with Crippen LogP contribution in [0.25, 0.3) is 0 Å². The Kier molecular flexibility index (Phi) is 6.45. The number of hydrogen-bond donors (Lipinski definition) is 2. The fourth-order valence-corrected chi connectivity index (χ4v) is 2.44. The topological polar surface area (TPSA) is 77.2 Å². The first-order chi connectivity index (χ1) is 9.61. The Hall–Kier alpha value is -1.62. The van der Waals surface area contributed by atoms with Crippen LogP contribution in [0.2, 0.25) is 0 Å². The molecule has 0 aliphatic carbocycles. The molecule has 5 heteroatoms. The van der Waals surface area contributed by atoms with Gasteiger partial charge in [-0.1, -0.05) is 26.7 Å². The van der Waals surface area contributed by atoms with Crippen LogP contribution in [0, 0.1) is 5.41 Å². The average molecular weight is 279 g/mol. The van der Waals surface area contributed by atoms with Crippen LogP contribution in [0.5, 0.6) is 5.88 Å². The standard InChI is InChI=1S/C15H25N3O2/c1-4-8-15(11-16,9-5-2)14(19)18-12-6-7-13(20-3)17-10-12/h6-7,10H,4-5,8-9,11,16H2,1-3H3,(H,18,19). The second kappa shape index (κ2) is 7.85. The Labute approximate surface area is 120 Å². The highest BCUT2D eigenvalue weighted by molar-refractivity contribution is 5.95. The van der Waals surface area contributed by atoms with Crippen molar-refractivity contribution in [3.63, 3.8) is 0 Å². The van der Waals surface area contributed by atoms with Crippen LogP contribution < -0.4 is 15.8 Å². The number of rotatable bonds is 8. The minimum Gasteiger partial charge on any atom is -0.481 e. The normalized spacial score (nSPS) is 11.2. The maximum Gasteiger partial charge on any atom is 0.231 e. The quantitative estimate of drug-likeness (QED) is 0.766. The summed E-state index contributed by atoms with van der Waals surface area (Å²) >= 11 is 0. The van der Waals surface area contributed by atoms with Gasteiger partial charge in [0.2, 0.25) is 11.8 Å². The first-order valence-corrected chi connectivity index (χ1v) is 7.13. The van der Waals surface area contributed by atoms with Gasteiger partial charge in [-0.3, -0.25) is 4.79 Å². The van der Waals surface area contributed by atoms with Crippen molar-refractivity contribution in [3.8, 4) is 5.88 Å². The van der Waals surface area contributed by atoms with E-state index in [0.717, 1.165) is 25.7 Å². The van der Waals surface area contributed by atoms with Crippen molar-refractivity contribution in [3.05, 3.63) is 18.3 Å². The summed E-state index contributed by atoms with van der Waals surface area (Å²) in [5.74, 6) is 0.505. The third-order valence-corrected chi connectivity index (χ3v) is 3.53. The zero-order valence-corrected chi connectivity index (χ0v) is 12.6. The molecule has 112 valence electrons. The highest BCUT2D eigenvalue weighted by Gasteiger charge is 2.35. The van der Waals surface area contributed by atoms with Crippen molar-refractivity contribution in [2.45, 2.75) is 39.5 Å². The molecule has 1 rings (SSSR count). The summed E-state index contributed by atoms with van der Waals surface area (Å²) in [5.41, 5.74) is 6.07.